The number of furan rings is 1. The van der Waals surface area contributed by atoms with Gasteiger partial charge in [-0.25, -0.2) is 4.79 Å². The molecule has 0 unspecified atom stereocenters. The van der Waals surface area contributed by atoms with Crippen molar-refractivity contribution < 1.29 is 18.8 Å². The molecule has 6 heteroatoms. The number of fused-ring (bicyclic) bond motifs is 1. The molecule has 4 aromatic rings. The lowest BCUT2D eigenvalue weighted by Crippen LogP contribution is -1.98. The molecule has 4 rings (SSSR count). The molecule has 5 nitrogen and oxygen atoms in total. The predicted octanol–water partition coefficient (Wildman–Crippen LogP) is 5.71. The van der Waals surface area contributed by atoms with E-state index >= 15 is 0 Å². The van der Waals surface area contributed by atoms with Gasteiger partial charge in [-0.05, 0) is 54.1 Å². The minimum absolute atomic E-state index is 0.140. The van der Waals surface area contributed by atoms with Crippen LogP contribution in [-0.2, 0) is 9.63 Å². The number of nitrogens with zero attached hydrogens (tertiary/aromatic N) is 1. The number of hydrogen-bond donors (Lipinski definition) is 0. The summed E-state index contributed by atoms with van der Waals surface area (Å²) in [6.45, 7) is 1.30. The Bertz CT molecular complexity index is 1190. The Kier molecular flexibility index (Phi) is 5.77. The van der Waals surface area contributed by atoms with E-state index in [9.17, 15) is 9.59 Å². The van der Waals surface area contributed by atoms with Gasteiger partial charge in [0.2, 0.25) is 5.78 Å². The second-order valence-electron chi connectivity index (χ2n) is 6.49. The topological polar surface area (TPSA) is 68.9 Å². The zero-order valence-corrected chi connectivity index (χ0v) is 16.9. The SMILES string of the molecule is CC(=O)O/N=C/c1ccc(Sc2ccc(C(=O)c3cc4ccccc4o3)cc2)cc1. The summed E-state index contributed by atoms with van der Waals surface area (Å²) in [6.07, 6.45) is 1.48. The second kappa shape index (κ2) is 8.80. The van der Waals surface area contributed by atoms with E-state index in [-0.39, 0.29) is 5.78 Å². The summed E-state index contributed by atoms with van der Waals surface area (Å²) in [7, 11) is 0. The van der Waals surface area contributed by atoms with Gasteiger partial charge < -0.3 is 9.25 Å². The number of oxime groups is 1. The van der Waals surface area contributed by atoms with E-state index in [1.165, 1.54) is 13.1 Å². The van der Waals surface area contributed by atoms with E-state index in [1.54, 1.807) is 30.0 Å². The van der Waals surface area contributed by atoms with Crippen LogP contribution in [0.25, 0.3) is 11.0 Å². The molecule has 1 heterocycles. The minimum Gasteiger partial charge on any atom is -0.453 e. The molecule has 0 bridgehead atoms. The van der Waals surface area contributed by atoms with E-state index < -0.39 is 5.97 Å². The third-order valence-electron chi connectivity index (χ3n) is 4.26. The zero-order chi connectivity index (χ0) is 20.9. The maximum Gasteiger partial charge on any atom is 0.331 e. The lowest BCUT2D eigenvalue weighted by atomic mass is 10.1. The minimum atomic E-state index is -0.458. The average molecular weight is 415 g/mol. The molecule has 30 heavy (non-hydrogen) atoms. The van der Waals surface area contributed by atoms with Crippen molar-refractivity contribution in [1.82, 2.24) is 0 Å². The van der Waals surface area contributed by atoms with Gasteiger partial charge in [0.05, 0.1) is 6.21 Å². The van der Waals surface area contributed by atoms with E-state index in [4.69, 9.17) is 4.42 Å². The fourth-order valence-corrected chi connectivity index (χ4v) is 3.65. The first-order valence-corrected chi connectivity index (χ1v) is 10.0. The first-order valence-electron chi connectivity index (χ1n) is 9.21. The molecule has 0 atom stereocenters. The zero-order valence-electron chi connectivity index (χ0n) is 16.1. The Morgan fingerprint density at radius 1 is 0.933 bits per heavy atom. The molecule has 0 fully saturated rings. The van der Waals surface area contributed by atoms with Gasteiger partial charge in [0.25, 0.3) is 0 Å². The Morgan fingerprint density at radius 3 is 2.27 bits per heavy atom. The fraction of sp³-hybridized carbons (Fsp3) is 0.0417. The number of carbonyl (C=O) groups excluding carboxylic acids is 2. The highest BCUT2D eigenvalue weighted by molar-refractivity contribution is 7.99. The second-order valence-corrected chi connectivity index (χ2v) is 7.64. The first kappa shape index (κ1) is 19.7. The summed E-state index contributed by atoms with van der Waals surface area (Å²) < 4.78 is 5.67. The molecule has 0 spiro atoms. The summed E-state index contributed by atoms with van der Waals surface area (Å²) >= 11 is 1.58. The number of ketones is 1. The van der Waals surface area contributed by atoms with Gasteiger partial charge in [-0.15, -0.1) is 0 Å². The summed E-state index contributed by atoms with van der Waals surface area (Å²) in [5, 5.41) is 4.51. The Hall–Kier alpha value is -3.64. The molecule has 0 amide bonds. The van der Waals surface area contributed by atoms with E-state index in [0.29, 0.717) is 16.9 Å². The summed E-state index contributed by atoms with van der Waals surface area (Å²) in [5.74, 6) is -0.262. The molecule has 0 aliphatic heterocycles. The number of rotatable bonds is 6. The fourth-order valence-electron chi connectivity index (χ4n) is 2.83. The van der Waals surface area contributed by atoms with E-state index in [1.807, 2.05) is 60.7 Å². The van der Waals surface area contributed by atoms with Crippen LogP contribution in [0.15, 0.2) is 98.2 Å². The smallest absolute Gasteiger partial charge is 0.331 e. The maximum absolute atomic E-state index is 12.7. The van der Waals surface area contributed by atoms with Crippen LogP contribution in [0.4, 0.5) is 0 Å². The Morgan fingerprint density at radius 2 is 1.60 bits per heavy atom. The van der Waals surface area contributed by atoms with Gasteiger partial charge in [0, 0.05) is 27.7 Å². The van der Waals surface area contributed by atoms with Crippen LogP contribution in [0.1, 0.15) is 28.6 Å². The van der Waals surface area contributed by atoms with Gasteiger partial charge in [0.1, 0.15) is 5.58 Å². The van der Waals surface area contributed by atoms with E-state index in [2.05, 4.69) is 9.99 Å². The number of hydrogen-bond acceptors (Lipinski definition) is 6. The van der Waals surface area contributed by atoms with Crippen molar-refractivity contribution in [2.45, 2.75) is 16.7 Å². The predicted molar refractivity (Wildman–Crippen MR) is 116 cm³/mol. The molecular weight excluding hydrogens is 398 g/mol. The molecule has 148 valence electrons. The van der Waals surface area contributed by atoms with Gasteiger partial charge in [-0.3, -0.25) is 4.79 Å². The van der Waals surface area contributed by atoms with Gasteiger partial charge in [-0.2, -0.15) is 0 Å². The van der Waals surface area contributed by atoms with Crippen LogP contribution in [-0.4, -0.2) is 18.0 Å². The van der Waals surface area contributed by atoms with Crippen LogP contribution in [0.3, 0.4) is 0 Å². The molecule has 0 aliphatic rings. The van der Waals surface area contributed by atoms with Gasteiger partial charge in [0.15, 0.2) is 5.76 Å². The van der Waals surface area contributed by atoms with Crippen LogP contribution < -0.4 is 0 Å². The molecule has 0 aliphatic carbocycles. The Labute approximate surface area is 177 Å². The highest BCUT2D eigenvalue weighted by atomic mass is 32.2. The monoisotopic (exact) mass is 415 g/mol. The first-order chi connectivity index (χ1) is 14.6. The average Bonchev–Trinajstić information content (AvgIpc) is 3.19. The Balaban J connectivity index is 1.42. The molecule has 0 saturated carbocycles. The molecule has 1 aromatic heterocycles. The molecule has 0 saturated heterocycles. The lowest BCUT2D eigenvalue weighted by Gasteiger charge is -2.04. The van der Waals surface area contributed by atoms with Crippen LogP contribution in [0.2, 0.25) is 0 Å². The van der Waals surface area contributed by atoms with Crippen molar-refractivity contribution >= 4 is 40.7 Å². The largest absolute Gasteiger partial charge is 0.453 e. The quantitative estimate of drug-likeness (QED) is 0.175. The van der Waals surface area contributed by atoms with Crippen molar-refractivity contribution in [3.63, 3.8) is 0 Å². The van der Waals surface area contributed by atoms with Crippen molar-refractivity contribution in [2.24, 2.45) is 5.16 Å². The summed E-state index contributed by atoms with van der Waals surface area (Å²) in [4.78, 5) is 30.0. The van der Waals surface area contributed by atoms with Crippen LogP contribution in [0.5, 0.6) is 0 Å². The van der Waals surface area contributed by atoms with Crippen molar-refractivity contribution in [3.8, 4) is 0 Å². The van der Waals surface area contributed by atoms with Gasteiger partial charge in [-0.1, -0.05) is 47.2 Å². The van der Waals surface area contributed by atoms with Crippen molar-refractivity contribution in [3.05, 3.63) is 95.7 Å². The maximum atomic E-state index is 12.7. The van der Waals surface area contributed by atoms with Crippen molar-refractivity contribution in [1.29, 1.82) is 0 Å². The molecule has 0 N–H and O–H groups in total. The summed E-state index contributed by atoms with van der Waals surface area (Å²) in [5.41, 5.74) is 2.11. The highest BCUT2D eigenvalue weighted by Gasteiger charge is 2.14. The number of carbonyl (C=O) groups is 2. The van der Waals surface area contributed by atoms with E-state index in [0.717, 1.165) is 20.7 Å². The highest BCUT2D eigenvalue weighted by Crippen LogP contribution is 2.28. The summed E-state index contributed by atoms with van der Waals surface area (Å²) in [6, 6.07) is 24.4. The third kappa shape index (κ3) is 4.67. The number of benzene rings is 3. The molecule has 3 aromatic carbocycles. The van der Waals surface area contributed by atoms with Gasteiger partial charge >= 0.3 is 5.97 Å². The normalized spacial score (nSPS) is 11.1. The van der Waals surface area contributed by atoms with Crippen LogP contribution in [0, 0.1) is 0 Å². The lowest BCUT2D eigenvalue weighted by molar-refractivity contribution is -0.140. The molecule has 0 radical (unpaired) electrons. The van der Waals surface area contributed by atoms with Crippen LogP contribution >= 0.6 is 11.8 Å². The molecular formula is C24H17NO4S. The third-order valence-corrected chi connectivity index (χ3v) is 5.28. The van der Waals surface area contributed by atoms with Crippen molar-refractivity contribution in [2.75, 3.05) is 0 Å². The standard InChI is InChI=1S/C24H17NO4S/c1-16(26)29-25-15-17-6-10-20(11-7-17)30-21-12-8-18(9-13-21)24(27)23-14-19-4-2-3-5-22(19)28-23/h2-15H,1H3/b25-15+. The number of para-hydroxylation sites is 1.